The number of benzene rings is 1. The average Bonchev–Trinajstić information content (AvgIpc) is 3.16. The number of hydrogen-bond acceptors (Lipinski definition) is 5. The molecular weight excluding hydrogens is 352 g/mol. The molecule has 1 N–H and O–H groups in total. The van der Waals surface area contributed by atoms with E-state index in [2.05, 4.69) is 20.4 Å². The van der Waals surface area contributed by atoms with Crippen LogP contribution in [0.2, 0.25) is 0 Å². The summed E-state index contributed by atoms with van der Waals surface area (Å²) in [5.41, 5.74) is 4.08. The van der Waals surface area contributed by atoms with Crippen molar-refractivity contribution in [2.24, 2.45) is 0 Å². The second-order valence-electron chi connectivity index (χ2n) is 6.55. The smallest absolute Gasteiger partial charge is 0.257 e. The lowest BCUT2D eigenvalue weighted by Gasteiger charge is -2.17. The van der Waals surface area contributed by atoms with Gasteiger partial charge in [0.1, 0.15) is 11.4 Å². The summed E-state index contributed by atoms with van der Waals surface area (Å²) in [7, 11) is 1.91. The molecule has 0 radical (unpaired) electrons. The molecule has 28 heavy (non-hydrogen) atoms. The lowest BCUT2D eigenvalue weighted by molar-refractivity contribution is 0.0952. The molecule has 0 unspecified atom stereocenters. The van der Waals surface area contributed by atoms with E-state index in [1.807, 2.05) is 61.3 Å². The first-order valence-electron chi connectivity index (χ1n) is 8.94. The number of nitrogens with one attached hydrogen (secondary N) is 1. The number of amides is 1. The number of carbonyl (C=O) groups excluding carboxylic acids is 1. The molecule has 0 atom stereocenters. The standard InChI is InChI=1S/C21H20N6O/c1-15-5-7-16(8-6-15)12-23-21(28)18-14-24-27-11-9-19(25-20(18)27)26(2)17-4-3-10-22-13-17/h3-11,13-14H,12H2,1-2H3,(H,23,28). The Morgan fingerprint density at radius 2 is 1.96 bits per heavy atom. The van der Waals surface area contributed by atoms with E-state index in [9.17, 15) is 4.79 Å². The van der Waals surface area contributed by atoms with Gasteiger partial charge in [-0.1, -0.05) is 29.8 Å². The summed E-state index contributed by atoms with van der Waals surface area (Å²) in [6, 6.07) is 13.7. The molecule has 0 bridgehead atoms. The van der Waals surface area contributed by atoms with Gasteiger partial charge in [0, 0.05) is 26.0 Å². The molecule has 3 heterocycles. The number of aromatic nitrogens is 4. The quantitative estimate of drug-likeness (QED) is 0.582. The number of rotatable bonds is 5. The Bertz CT molecular complexity index is 1100. The molecule has 4 aromatic rings. The first kappa shape index (κ1) is 17.7. The highest BCUT2D eigenvalue weighted by atomic mass is 16.1. The van der Waals surface area contributed by atoms with E-state index in [1.165, 1.54) is 5.56 Å². The minimum atomic E-state index is -0.204. The maximum Gasteiger partial charge on any atom is 0.257 e. The third-order valence-corrected chi connectivity index (χ3v) is 4.55. The van der Waals surface area contributed by atoms with Crippen LogP contribution < -0.4 is 10.2 Å². The molecule has 0 aliphatic carbocycles. The van der Waals surface area contributed by atoms with E-state index in [-0.39, 0.29) is 5.91 Å². The van der Waals surface area contributed by atoms with Gasteiger partial charge >= 0.3 is 0 Å². The van der Waals surface area contributed by atoms with Crippen LogP contribution in [-0.2, 0) is 6.54 Å². The largest absolute Gasteiger partial charge is 0.348 e. The summed E-state index contributed by atoms with van der Waals surface area (Å²) in [5.74, 6) is 0.498. The van der Waals surface area contributed by atoms with Crippen LogP contribution in [0.3, 0.4) is 0 Å². The van der Waals surface area contributed by atoms with Gasteiger partial charge in [-0.05, 0) is 30.7 Å². The van der Waals surface area contributed by atoms with Gasteiger partial charge in [-0.2, -0.15) is 5.10 Å². The molecule has 0 saturated carbocycles. The number of pyridine rings is 1. The van der Waals surface area contributed by atoms with Crippen LogP contribution in [0.5, 0.6) is 0 Å². The molecule has 1 aromatic carbocycles. The van der Waals surface area contributed by atoms with Crippen LogP contribution in [0.1, 0.15) is 21.5 Å². The SMILES string of the molecule is Cc1ccc(CNC(=O)c2cnn3ccc(N(C)c4cccnc4)nc23)cc1. The molecule has 1 amide bonds. The molecule has 0 aliphatic heterocycles. The van der Waals surface area contributed by atoms with Crippen molar-refractivity contribution in [1.29, 1.82) is 0 Å². The number of aryl methyl sites for hydroxylation is 1. The Balaban J connectivity index is 1.57. The van der Waals surface area contributed by atoms with Crippen molar-refractivity contribution in [2.45, 2.75) is 13.5 Å². The maximum absolute atomic E-state index is 12.7. The van der Waals surface area contributed by atoms with Crippen molar-refractivity contribution in [2.75, 3.05) is 11.9 Å². The van der Waals surface area contributed by atoms with E-state index in [1.54, 1.807) is 29.3 Å². The number of hydrogen-bond donors (Lipinski definition) is 1. The first-order chi connectivity index (χ1) is 13.6. The van der Waals surface area contributed by atoms with Crippen LogP contribution in [0.4, 0.5) is 11.5 Å². The Morgan fingerprint density at radius 1 is 1.14 bits per heavy atom. The van der Waals surface area contributed by atoms with Crippen LogP contribution in [0, 0.1) is 6.92 Å². The average molecular weight is 372 g/mol. The fourth-order valence-corrected chi connectivity index (χ4v) is 2.87. The highest BCUT2D eigenvalue weighted by Gasteiger charge is 2.16. The highest BCUT2D eigenvalue weighted by Crippen LogP contribution is 2.21. The molecule has 140 valence electrons. The van der Waals surface area contributed by atoms with Crippen molar-refractivity contribution < 1.29 is 4.79 Å². The lowest BCUT2D eigenvalue weighted by Crippen LogP contribution is -2.23. The second kappa shape index (κ2) is 7.48. The summed E-state index contributed by atoms with van der Waals surface area (Å²) in [5, 5.41) is 7.18. The normalized spacial score (nSPS) is 10.8. The number of nitrogens with zero attached hydrogens (tertiary/aromatic N) is 5. The van der Waals surface area contributed by atoms with Crippen LogP contribution >= 0.6 is 0 Å². The second-order valence-corrected chi connectivity index (χ2v) is 6.55. The van der Waals surface area contributed by atoms with Gasteiger partial charge < -0.3 is 10.2 Å². The molecule has 0 aliphatic rings. The number of fused-ring (bicyclic) bond motifs is 1. The topological polar surface area (TPSA) is 75.4 Å². The molecule has 0 fully saturated rings. The Kier molecular flexibility index (Phi) is 4.72. The summed E-state index contributed by atoms with van der Waals surface area (Å²) < 4.78 is 1.60. The molecular formula is C21H20N6O. The van der Waals surface area contributed by atoms with E-state index < -0.39 is 0 Å². The molecule has 0 spiro atoms. The lowest BCUT2D eigenvalue weighted by atomic mass is 10.1. The van der Waals surface area contributed by atoms with Crippen LogP contribution in [-0.4, -0.2) is 32.5 Å². The van der Waals surface area contributed by atoms with Gasteiger partial charge in [0.2, 0.25) is 0 Å². The Morgan fingerprint density at radius 3 is 2.71 bits per heavy atom. The van der Waals surface area contributed by atoms with Crippen molar-refractivity contribution in [3.63, 3.8) is 0 Å². The summed E-state index contributed by atoms with van der Waals surface area (Å²) in [4.78, 5) is 23.4. The minimum Gasteiger partial charge on any atom is -0.348 e. The predicted octanol–water partition coefficient (Wildman–Crippen LogP) is 3.13. The van der Waals surface area contributed by atoms with E-state index >= 15 is 0 Å². The van der Waals surface area contributed by atoms with Crippen molar-refractivity contribution in [3.8, 4) is 0 Å². The molecule has 3 aromatic heterocycles. The number of anilines is 2. The first-order valence-corrected chi connectivity index (χ1v) is 8.94. The van der Waals surface area contributed by atoms with Gasteiger partial charge in [0.15, 0.2) is 5.65 Å². The van der Waals surface area contributed by atoms with E-state index in [4.69, 9.17) is 0 Å². The molecule has 7 nitrogen and oxygen atoms in total. The summed E-state index contributed by atoms with van der Waals surface area (Å²) in [6.45, 7) is 2.48. The predicted molar refractivity (Wildman–Crippen MR) is 108 cm³/mol. The molecule has 7 heteroatoms. The van der Waals surface area contributed by atoms with Gasteiger partial charge in [-0.15, -0.1) is 0 Å². The van der Waals surface area contributed by atoms with Crippen molar-refractivity contribution >= 4 is 23.1 Å². The summed E-state index contributed by atoms with van der Waals surface area (Å²) >= 11 is 0. The maximum atomic E-state index is 12.7. The van der Waals surface area contributed by atoms with Gasteiger partial charge in [-0.3, -0.25) is 9.78 Å². The van der Waals surface area contributed by atoms with Crippen LogP contribution in [0.15, 0.2) is 67.3 Å². The van der Waals surface area contributed by atoms with Gasteiger partial charge in [0.25, 0.3) is 5.91 Å². The van der Waals surface area contributed by atoms with Crippen molar-refractivity contribution in [3.05, 3.63) is 83.9 Å². The van der Waals surface area contributed by atoms with Crippen molar-refractivity contribution in [1.82, 2.24) is 24.9 Å². The zero-order valence-electron chi connectivity index (χ0n) is 15.7. The van der Waals surface area contributed by atoms with Gasteiger partial charge in [0.05, 0.1) is 18.1 Å². The fraction of sp³-hybridized carbons (Fsp3) is 0.143. The molecule has 0 saturated heterocycles. The monoisotopic (exact) mass is 372 g/mol. The molecule has 4 rings (SSSR count). The number of carbonyl (C=O) groups is 1. The third kappa shape index (κ3) is 3.55. The van der Waals surface area contributed by atoms with Gasteiger partial charge in [-0.25, -0.2) is 9.50 Å². The minimum absolute atomic E-state index is 0.204. The van der Waals surface area contributed by atoms with E-state index in [0.717, 1.165) is 11.3 Å². The fourth-order valence-electron chi connectivity index (χ4n) is 2.87. The third-order valence-electron chi connectivity index (χ3n) is 4.55. The Labute approximate surface area is 162 Å². The highest BCUT2D eigenvalue weighted by molar-refractivity contribution is 5.99. The summed E-state index contributed by atoms with van der Waals surface area (Å²) in [6.07, 6.45) is 6.82. The van der Waals surface area contributed by atoms with Crippen LogP contribution in [0.25, 0.3) is 5.65 Å². The zero-order chi connectivity index (χ0) is 19.5. The van der Waals surface area contributed by atoms with E-state index in [0.29, 0.717) is 23.6 Å². The Hall–Kier alpha value is -3.74. The zero-order valence-corrected chi connectivity index (χ0v) is 15.7.